The van der Waals surface area contributed by atoms with Crippen LogP contribution in [0.5, 0.6) is 0 Å². The summed E-state index contributed by atoms with van der Waals surface area (Å²) in [5.41, 5.74) is 10.0. The molecule has 0 aliphatic heterocycles. The number of anilines is 1. The number of furan rings is 1. The molecule has 0 radical (unpaired) electrons. The Labute approximate surface area is 74.2 Å². The number of nitrogen functional groups attached to an aromatic ring is 1. The molecule has 0 fully saturated rings. The Kier molecular flexibility index (Phi) is 2.36. The summed E-state index contributed by atoms with van der Waals surface area (Å²) in [6, 6.07) is 4.70. The quantitative estimate of drug-likeness (QED) is 0.498. The number of nitriles is 1. The first kappa shape index (κ1) is 8.87. The number of carbonyl (C=O) groups excluding carboxylic acids is 1. The molecular weight excluding hydrogens is 170 g/mol. The molecular formula is C8H7N3O2. The molecule has 1 rings (SSSR count). The van der Waals surface area contributed by atoms with Gasteiger partial charge in [-0.15, -0.1) is 0 Å². The molecule has 1 amide bonds. The van der Waals surface area contributed by atoms with E-state index >= 15 is 0 Å². The average molecular weight is 177 g/mol. The number of nitrogens with zero attached hydrogens (tertiary/aromatic N) is 1. The first-order valence-electron chi connectivity index (χ1n) is 3.40. The van der Waals surface area contributed by atoms with Gasteiger partial charge in [0.25, 0.3) is 5.91 Å². The Morgan fingerprint density at radius 2 is 2.31 bits per heavy atom. The van der Waals surface area contributed by atoms with Crippen molar-refractivity contribution in [2.75, 3.05) is 5.73 Å². The number of primary amides is 1. The molecule has 0 bridgehead atoms. The van der Waals surface area contributed by atoms with Crippen molar-refractivity contribution in [3.63, 3.8) is 0 Å². The van der Waals surface area contributed by atoms with Gasteiger partial charge in [0.15, 0.2) is 5.88 Å². The standard InChI is InChI=1S/C8H7N3O2/c9-4-5(8(11)12)3-6-1-2-7(10)13-6/h1-3H,10H2,(H2,11,12). The lowest BCUT2D eigenvalue weighted by atomic mass is 10.2. The smallest absolute Gasteiger partial charge is 0.259 e. The Morgan fingerprint density at radius 3 is 2.69 bits per heavy atom. The number of nitrogens with two attached hydrogens (primary N) is 2. The maximum Gasteiger partial charge on any atom is 0.259 e. The number of amides is 1. The van der Waals surface area contributed by atoms with Crippen molar-refractivity contribution < 1.29 is 9.21 Å². The van der Waals surface area contributed by atoms with Crippen LogP contribution >= 0.6 is 0 Å². The van der Waals surface area contributed by atoms with E-state index in [2.05, 4.69) is 0 Å². The molecule has 0 atom stereocenters. The second-order valence-corrected chi connectivity index (χ2v) is 2.27. The maximum atomic E-state index is 10.6. The molecule has 5 heteroatoms. The molecule has 1 aromatic rings. The predicted molar refractivity (Wildman–Crippen MR) is 45.9 cm³/mol. The zero-order chi connectivity index (χ0) is 9.84. The second kappa shape index (κ2) is 3.45. The minimum atomic E-state index is -0.794. The number of hydrogen-bond acceptors (Lipinski definition) is 4. The van der Waals surface area contributed by atoms with E-state index in [-0.39, 0.29) is 11.5 Å². The SMILES string of the molecule is N#CC(=Cc1ccc(N)o1)C(N)=O. The molecule has 0 aliphatic rings. The summed E-state index contributed by atoms with van der Waals surface area (Å²) in [5, 5.41) is 8.47. The highest BCUT2D eigenvalue weighted by atomic mass is 16.3. The van der Waals surface area contributed by atoms with Gasteiger partial charge in [0.05, 0.1) is 0 Å². The van der Waals surface area contributed by atoms with Crippen molar-refractivity contribution in [2.24, 2.45) is 5.73 Å². The maximum absolute atomic E-state index is 10.6. The van der Waals surface area contributed by atoms with Crippen molar-refractivity contribution in [1.82, 2.24) is 0 Å². The molecule has 66 valence electrons. The van der Waals surface area contributed by atoms with Crippen molar-refractivity contribution in [1.29, 1.82) is 5.26 Å². The molecule has 5 nitrogen and oxygen atoms in total. The molecule has 0 saturated carbocycles. The summed E-state index contributed by atoms with van der Waals surface area (Å²) in [4.78, 5) is 10.6. The molecule has 0 unspecified atom stereocenters. The van der Waals surface area contributed by atoms with E-state index < -0.39 is 5.91 Å². The molecule has 1 aromatic heterocycles. The Hall–Kier alpha value is -2.22. The number of carbonyl (C=O) groups is 1. The average Bonchev–Trinajstić information content (AvgIpc) is 2.46. The third kappa shape index (κ3) is 2.10. The van der Waals surface area contributed by atoms with Gasteiger partial charge in [0.1, 0.15) is 17.4 Å². The van der Waals surface area contributed by atoms with Crippen LogP contribution in [0.2, 0.25) is 0 Å². The van der Waals surface area contributed by atoms with Crippen LogP contribution < -0.4 is 11.5 Å². The van der Waals surface area contributed by atoms with E-state index in [1.165, 1.54) is 18.2 Å². The molecule has 0 aromatic carbocycles. The lowest BCUT2D eigenvalue weighted by Gasteiger charge is -1.88. The normalized spacial score (nSPS) is 10.8. The number of rotatable bonds is 2. The predicted octanol–water partition coefficient (Wildman–Crippen LogP) is 0.254. The van der Waals surface area contributed by atoms with Crippen LogP contribution in [-0.2, 0) is 4.79 Å². The van der Waals surface area contributed by atoms with Gasteiger partial charge >= 0.3 is 0 Å². The van der Waals surface area contributed by atoms with Crippen LogP contribution in [0.3, 0.4) is 0 Å². The zero-order valence-electron chi connectivity index (χ0n) is 6.65. The highest BCUT2D eigenvalue weighted by Crippen LogP contribution is 2.12. The van der Waals surface area contributed by atoms with Gasteiger partial charge in [-0.05, 0) is 6.07 Å². The fraction of sp³-hybridized carbons (Fsp3) is 0. The van der Waals surface area contributed by atoms with E-state index in [1.54, 1.807) is 6.07 Å². The van der Waals surface area contributed by atoms with Crippen molar-refractivity contribution in [3.05, 3.63) is 23.5 Å². The highest BCUT2D eigenvalue weighted by molar-refractivity contribution is 6.00. The Bertz CT molecular complexity index is 398. The van der Waals surface area contributed by atoms with E-state index in [4.69, 9.17) is 21.1 Å². The minimum absolute atomic E-state index is 0.172. The van der Waals surface area contributed by atoms with E-state index in [0.717, 1.165) is 0 Å². The van der Waals surface area contributed by atoms with E-state index in [9.17, 15) is 4.79 Å². The van der Waals surface area contributed by atoms with Crippen LogP contribution in [0.25, 0.3) is 6.08 Å². The van der Waals surface area contributed by atoms with Gasteiger partial charge in [-0.25, -0.2) is 0 Å². The van der Waals surface area contributed by atoms with Gasteiger partial charge < -0.3 is 15.9 Å². The largest absolute Gasteiger partial charge is 0.442 e. The van der Waals surface area contributed by atoms with Crippen molar-refractivity contribution in [2.45, 2.75) is 0 Å². The lowest BCUT2D eigenvalue weighted by molar-refractivity contribution is -0.114. The van der Waals surface area contributed by atoms with Gasteiger partial charge in [0.2, 0.25) is 0 Å². The van der Waals surface area contributed by atoms with Gasteiger partial charge in [0, 0.05) is 12.1 Å². The summed E-state index contributed by atoms with van der Waals surface area (Å²) in [6.07, 6.45) is 1.23. The lowest BCUT2D eigenvalue weighted by Crippen LogP contribution is -2.12. The summed E-state index contributed by atoms with van der Waals surface area (Å²) in [6.45, 7) is 0. The summed E-state index contributed by atoms with van der Waals surface area (Å²) in [7, 11) is 0. The van der Waals surface area contributed by atoms with Crippen LogP contribution in [-0.4, -0.2) is 5.91 Å². The first-order valence-corrected chi connectivity index (χ1v) is 3.40. The minimum Gasteiger partial charge on any atom is -0.442 e. The second-order valence-electron chi connectivity index (χ2n) is 2.27. The summed E-state index contributed by atoms with van der Waals surface area (Å²) in [5.74, 6) is -0.252. The highest BCUT2D eigenvalue weighted by Gasteiger charge is 2.04. The first-order chi connectivity index (χ1) is 6.13. The fourth-order valence-electron chi connectivity index (χ4n) is 0.747. The van der Waals surface area contributed by atoms with Gasteiger partial charge in [-0.1, -0.05) is 0 Å². The third-order valence-electron chi connectivity index (χ3n) is 1.32. The molecule has 0 saturated heterocycles. The van der Waals surface area contributed by atoms with Crippen LogP contribution in [0.4, 0.5) is 5.88 Å². The van der Waals surface area contributed by atoms with Crippen LogP contribution in [0.1, 0.15) is 5.76 Å². The fourth-order valence-corrected chi connectivity index (χ4v) is 0.747. The molecule has 0 spiro atoms. The van der Waals surface area contributed by atoms with Crippen molar-refractivity contribution in [3.8, 4) is 6.07 Å². The molecule has 4 N–H and O–H groups in total. The molecule has 13 heavy (non-hydrogen) atoms. The van der Waals surface area contributed by atoms with Crippen LogP contribution in [0.15, 0.2) is 22.1 Å². The number of hydrogen-bond donors (Lipinski definition) is 2. The summed E-state index contributed by atoms with van der Waals surface area (Å²) < 4.78 is 4.91. The molecule has 0 aliphatic carbocycles. The third-order valence-corrected chi connectivity index (χ3v) is 1.32. The van der Waals surface area contributed by atoms with E-state index in [1.807, 2.05) is 0 Å². The van der Waals surface area contributed by atoms with Crippen molar-refractivity contribution >= 4 is 17.9 Å². The zero-order valence-corrected chi connectivity index (χ0v) is 6.65. The van der Waals surface area contributed by atoms with Crippen LogP contribution in [0, 0.1) is 11.3 Å². The molecule has 1 heterocycles. The monoisotopic (exact) mass is 177 g/mol. The summed E-state index contributed by atoms with van der Waals surface area (Å²) >= 11 is 0. The van der Waals surface area contributed by atoms with E-state index in [0.29, 0.717) is 5.76 Å². The van der Waals surface area contributed by atoms with Gasteiger partial charge in [-0.3, -0.25) is 4.79 Å². The Balaban J connectivity index is 3.00. The van der Waals surface area contributed by atoms with Gasteiger partial charge in [-0.2, -0.15) is 5.26 Å². The Morgan fingerprint density at radius 1 is 1.62 bits per heavy atom. The topological polar surface area (TPSA) is 106 Å².